The number of rotatable bonds is 5. The van der Waals surface area contributed by atoms with E-state index in [9.17, 15) is 4.79 Å². The molecule has 86 valence electrons. The van der Waals surface area contributed by atoms with E-state index in [-0.39, 0.29) is 5.91 Å². The lowest BCUT2D eigenvalue weighted by Gasteiger charge is -2.12. The van der Waals surface area contributed by atoms with E-state index in [0.717, 1.165) is 0 Å². The molecule has 1 amide bonds. The highest BCUT2D eigenvalue weighted by atomic mass is 16.2. The molecule has 0 unspecified atom stereocenters. The fourth-order valence-electron chi connectivity index (χ4n) is 0.901. The molecule has 0 spiro atoms. The van der Waals surface area contributed by atoms with Crippen LogP contribution in [0.3, 0.4) is 0 Å². The van der Waals surface area contributed by atoms with Gasteiger partial charge in [-0.3, -0.25) is 9.79 Å². The number of nitrogens with zero attached hydrogens (tertiary/aromatic N) is 2. The van der Waals surface area contributed by atoms with Gasteiger partial charge in [0.15, 0.2) is 5.96 Å². The lowest BCUT2D eigenvalue weighted by atomic mass is 10.4. The summed E-state index contributed by atoms with van der Waals surface area (Å²) in [6.07, 6.45) is 2.21. The lowest BCUT2D eigenvalue weighted by molar-refractivity contribution is -0.128. The molecule has 0 aromatic heterocycles. The van der Waals surface area contributed by atoms with Crippen LogP contribution < -0.4 is 10.6 Å². The average molecular weight is 212 g/mol. The Kier molecular flexibility index (Phi) is 7.05. The summed E-state index contributed by atoms with van der Waals surface area (Å²) < 4.78 is 0. The minimum atomic E-state index is 0.0988. The number of carbonyl (C=O) groups is 1. The molecule has 15 heavy (non-hydrogen) atoms. The Labute approximate surface area is 91.3 Å². The van der Waals surface area contributed by atoms with E-state index in [1.54, 1.807) is 32.1 Å². The van der Waals surface area contributed by atoms with E-state index in [2.05, 4.69) is 22.2 Å². The number of aliphatic imine (C=N–C) groups is 1. The van der Waals surface area contributed by atoms with Gasteiger partial charge in [-0.1, -0.05) is 6.08 Å². The van der Waals surface area contributed by atoms with Gasteiger partial charge in [-0.2, -0.15) is 0 Å². The number of hydrogen-bond donors (Lipinski definition) is 2. The number of guanidine groups is 1. The van der Waals surface area contributed by atoms with Gasteiger partial charge in [0.2, 0.25) is 5.91 Å². The third-order valence-electron chi connectivity index (χ3n) is 1.77. The highest BCUT2D eigenvalue weighted by molar-refractivity contribution is 5.81. The second kappa shape index (κ2) is 7.84. The number of amides is 1. The van der Waals surface area contributed by atoms with Crippen molar-refractivity contribution >= 4 is 11.9 Å². The standard InChI is InChI=1S/C10H20N4O/c1-5-7-12-10(11-2)13-8-6-9(15)14(3)4/h5H,1,6-8H2,2-4H3,(H2,11,12,13). The topological polar surface area (TPSA) is 56.7 Å². The molecule has 5 nitrogen and oxygen atoms in total. The van der Waals surface area contributed by atoms with Crippen molar-refractivity contribution in [2.45, 2.75) is 6.42 Å². The molecule has 2 N–H and O–H groups in total. The summed E-state index contributed by atoms with van der Waals surface area (Å²) in [7, 11) is 5.17. The van der Waals surface area contributed by atoms with Crippen LogP contribution in [0, 0.1) is 0 Å². The molecule has 0 aliphatic heterocycles. The van der Waals surface area contributed by atoms with E-state index < -0.39 is 0 Å². The smallest absolute Gasteiger partial charge is 0.223 e. The number of hydrogen-bond acceptors (Lipinski definition) is 2. The fourth-order valence-corrected chi connectivity index (χ4v) is 0.901. The maximum absolute atomic E-state index is 11.2. The van der Waals surface area contributed by atoms with E-state index in [4.69, 9.17) is 0 Å². The third-order valence-corrected chi connectivity index (χ3v) is 1.77. The van der Waals surface area contributed by atoms with Gasteiger partial charge in [0.05, 0.1) is 0 Å². The molecule has 0 aliphatic carbocycles. The first-order chi connectivity index (χ1) is 7.11. The van der Waals surface area contributed by atoms with Crippen molar-refractivity contribution in [2.75, 3.05) is 34.2 Å². The van der Waals surface area contributed by atoms with Gasteiger partial charge in [0.25, 0.3) is 0 Å². The van der Waals surface area contributed by atoms with Crippen LogP contribution in [-0.4, -0.2) is 51.0 Å². The predicted octanol–water partition coefficient (Wildman–Crippen LogP) is -0.184. The summed E-state index contributed by atoms with van der Waals surface area (Å²) in [6, 6.07) is 0. The number of nitrogens with one attached hydrogen (secondary N) is 2. The molecule has 0 saturated heterocycles. The normalized spacial score (nSPS) is 10.7. The zero-order chi connectivity index (χ0) is 11.7. The lowest BCUT2D eigenvalue weighted by Crippen LogP contribution is -2.39. The van der Waals surface area contributed by atoms with Gasteiger partial charge < -0.3 is 15.5 Å². The summed E-state index contributed by atoms with van der Waals surface area (Å²) in [5, 5.41) is 6.05. The van der Waals surface area contributed by atoms with Crippen molar-refractivity contribution in [1.82, 2.24) is 15.5 Å². The molecule has 0 saturated carbocycles. The zero-order valence-electron chi connectivity index (χ0n) is 9.71. The van der Waals surface area contributed by atoms with Crippen LogP contribution in [0.15, 0.2) is 17.6 Å². The molecule has 0 radical (unpaired) electrons. The Bertz CT molecular complexity index is 236. The van der Waals surface area contributed by atoms with E-state index >= 15 is 0 Å². The van der Waals surface area contributed by atoms with Crippen LogP contribution in [0.2, 0.25) is 0 Å². The van der Waals surface area contributed by atoms with Crippen LogP contribution in [0.5, 0.6) is 0 Å². The molecule has 0 heterocycles. The monoisotopic (exact) mass is 212 g/mol. The summed E-state index contributed by atoms with van der Waals surface area (Å²) in [5.41, 5.74) is 0. The molecule has 0 rings (SSSR count). The minimum absolute atomic E-state index is 0.0988. The molecule has 0 aromatic rings. The molecule has 0 fully saturated rings. The van der Waals surface area contributed by atoms with Crippen LogP contribution in [0.4, 0.5) is 0 Å². The van der Waals surface area contributed by atoms with Gasteiger partial charge in [-0.15, -0.1) is 6.58 Å². The van der Waals surface area contributed by atoms with Crippen molar-refractivity contribution in [3.05, 3.63) is 12.7 Å². The molecule has 0 atom stereocenters. The summed E-state index contributed by atoms with van der Waals surface area (Å²) in [4.78, 5) is 16.8. The average Bonchev–Trinajstić information content (AvgIpc) is 2.22. The maximum Gasteiger partial charge on any atom is 0.223 e. The summed E-state index contributed by atoms with van der Waals surface area (Å²) >= 11 is 0. The van der Waals surface area contributed by atoms with Gasteiger partial charge >= 0.3 is 0 Å². The van der Waals surface area contributed by atoms with Crippen molar-refractivity contribution in [3.8, 4) is 0 Å². The van der Waals surface area contributed by atoms with Crippen molar-refractivity contribution in [1.29, 1.82) is 0 Å². The van der Waals surface area contributed by atoms with Crippen LogP contribution in [-0.2, 0) is 4.79 Å². The van der Waals surface area contributed by atoms with Gasteiger partial charge in [0, 0.05) is 40.7 Å². The Hall–Kier alpha value is -1.52. The van der Waals surface area contributed by atoms with E-state index in [0.29, 0.717) is 25.5 Å². The molecule has 5 heteroatoms. The third kappa shape index (κ3) is 6.54. The predicted molar refractivity (Wildman–Crippen MR) is 62.9 cm³/mol. The number of carbonyl (C=O) groups excluding carboxylic acids is 1. The fraction of sp³-hybridized carbons (Fsp3) is 0.600. The second-order valence-electron chi connectivity index (χ2n) is 3.21. The second-order valence-corrected chi connectivity index (χ2v) is 3.21. The summed E-state index contributed by atoms with van der Waals surface area (Å²) in [5.74, 6) is 0.781. The first-order valence-electron chi connectivity index (χ1n) is 4.87. The highest BCUT2D eigenvalue weighted by Gasteiger charge is 2.03. The van der Waals surface area contributed by atoms with Crippen molar-refractivity contribution in [2.24, 2.45) is 4.99 Å². The zero-order valence-corrected chi connectivity index (χ0v) is 9.71. The summed E-state index contributed by atoms with van der Waals surface area (Å²) in [6.45, 7) is 4.82. The van der Waals surface area contributed by atoms with E-state index in [1.165, 1.54) is 0 Å². The van der Waals surface area contributed by atoms with Crippen molar-refractivity contribution in [3.63, 3.8) is 0 Å². The first kappa shape index (κ1) is 13.5. The minimum Gasteiger partial charge on any atom is -0.356 e. The highest BCUT2D eigenvalue weighted by Crippen LogP contribution is 1.84. The Morgan fingerprint density at radius 1 is 1.47 bits per heavy atom. The van der Waals surface area contributed by atoms with Gasteiger partial charge in [0.1, 0.15) is 0 Å². The molecular formula is C10H20N4O. The molecule has 0 aromatic carbocycles. The molecule has 0 bridgehead atoms. The van der Waals surface area contributed by atoms with Crippen LogP contribution >= 0.6 is 0 Å². The SMILES string of the molecule is C=CCNC(=NC)NCCC(=O)N(C)C. The Morgan fingerprint density at radius 2 is 2.13 bits per heavy atom. The largest absolute Gasteiger partial charge is 0.356 e. The Balaban J connectivity index is 3.73. The van der Waals surface area contributed by atoms with E-state index in [1.807, 2.05) is 0 Å². The maximum atomic E-state index is 11.2. The molecular weight excluding hydrogens is 192 g/mol. The van der Waals surface area contributed by atoms with Gasteiger partial charge in [-0.25, -0.2) is 0 Å². The first-order valence-corrected chi connectivity index (χ1v) is 4.87. The van der Waals surface area contributed by atoms with Crippen molar-refractivity contribution < 1.29 is 4.79 Å². The quantitative estimate of drug-likeness (QED) is 0.377. The Morgan fingerprint density at radius 3 is 2.60 bits per heavy atom. The van der Waals surface area contributed by atoms with Crippen LogP contribution in [0.25, 0.3) is 0 Å². The molecule has 0 aliphatic rings. The van der Waals surface area contributed by atoms with Gasteiger partial charge in [-0.05, 0) is 0 Å². The van der Waals surface area contributed by atoms with Crippen LogP contribution in [0.1, 0.15) is 6.42 Å².